The summed E-state index contributed by atoms with van der Waals surface area (Å²) < 4.78 is 0. The third-order valence-corrected chi connectivity index (χ3v) is 2.80. The number of aromatic amines is 1. The number of nitrogens with zero attached hydrogens (tertiary/aromatic N) is 2. The van der Waals surface area contributed by atoms with E-state index in [4.69, 9.17) is 5.73 Å². The fourth-order valence-electron chi connectivity index (χ4n) is 1.80. The van der Waals surface area contributed by atoms with Gasteiger partial charge in [-0.3, -0.25) is 0 Å². The summed E-state index contributed by atoms with van der Waals surface area (Å²) in [4.78, 5) is 11.9. The zero-order valence-corrected chi connectivity index (χ0v) is 9.44. The van der Waals surface area contributed by atoms with Gasteiger partial charge in [0.1, 0.15) is 5.82 Å². The van der Waals surface area contributed by atoms with E-state index in [-0.39, 0.29) is 0 Å². The Labute approximate surface area is 98.5 Å². The molecule has 3 aromatic rings. The van der Waals surface area contributed by atoms with Crippen molar-refractivity contribution < 1.29 is 0 Å². The molecule has 0 radical (unpaired) electrons. The Morgan fingerprint density at radius 3 is 2.88 bits per heavy atom. The van der Waals surface area contributed by atoms with Crippen LogP contribution in [0.3, 0.4) is 0 Å². The molecule has 4 heteroatoms. The second kappa shape index (κ2) is 3.59. The van der Waals surface area contributed by atoms with Crippen molar-refractivity contribution in [1.82, 2.24) is 15.0 Å². The van der Waals surface area contributed by atoms with Crippen molar-refractivity contribution in [3.05, 3.63) is 42.1 Å². The maximum Gasteiger partial charge on any atom is 0.178 e. The van der Waals surface area contributed by atoms with Gasteiger partial charge in [-0.05, 0) is 42.8 Å². The highest BCUT2D eigenvalue weighted by Gasteiger charge is 2.06. The minimum atomic E-state index is 0.733. The molecule has 3 rings (SSSR count). The van der Waals surface area contributed by atoms with E-state index in [2.05, 4.69) is 15.0 Å². The molecule has 0 saturated carbocycles. The predicted octanol–water partition coefficient (Wildman–Crippen LogP) is 2.52. The average molecular weight is 224 g/mol. The Balaban J connectivity index is 2.17. The molecule has 0 aliphatic heterocycles. The van der Waals surface area contributed by atoms with Gasteiger partial charge in [0.2, 0.25) is 0 Å². The van der Waals surface area contributed by atoms with Crippen LogP contribution in [0, 0.1) is 6.92 Å². The van der Waals surface area contributed by atoms with Gasteiger partial charge in [0, 0.05) is 17.4 Å². The third kappa shape index (κ3) is 1.63. The van der Waals surface area contributed by atoms with Crippen molar-refractivity contribution in [2.75, 3.05) is 5.73 Å². The van der Waals surface area contributed by atoms with E-state index in [1.807, 2.05) is 37.3 Å². The Morgan fingerprint density at radius 1 is 1.24 bits per heavy atom. The molecule has 0 unspecified atom stereocenters. The van der Waals surface area contributed by atoms with Gasteiger partial charge in [0.15, 0.2) is 5.65 Å². The topological polar surface area (TPSA) is 67.6 Å². The zero-order chi connectivity index (χ0) is 11.8. The molecule has 2 heterocycles. The molecule has 3 N–H and O–H groups in total. The number of aryl methyl sites for hydroxylation is 1. The van der Waals surface area contributed by atoms with Gasteiger partial charge in [0.25, 0.3) is 0 Å². The van der Waals surface area contributed by atoms with Gasteiger partial charge >= 0.3 is 0 Å². The highest BCUT2D eigenvalue weighted by atomic mass is 15.0. The van der Waals surface area contributed by atoms with Gasteiger partial charge in [-0.2, -0.15) is 0 Å². The molecule has 0 spiro atoms. The van der Waals surface area contributed by atoms with Crippen LogP contribution in [-0.2, 0) is 0 Å². The number of anilines is 1. The lowest BCUT2D eigenvalue weighted by atomic mass is 10.1. The minimum absolute atomic E-state index is 0.733. The maximum absolute atomic E-state index is 5.80. The maximum atomic E-state index is 5.80. The number of pyridine rings is 1. The molecule has 2 aromatic heterocycles. The summed E-state index contributed by atoms with van der Waals surface area (Å²) in [5, 5.41) is 0. The summed E-state index contributed by atoms with van der Waals surface area (Å²) in [6.45, 7) is 1.99. The number of hydrogen-bond acceptors (Lipinski definition) is 3. The van der Waals surface area contributed by atoms with Crippen LogP contribution in [0.5, 0.6) is 0 Å². The molecule has 0 fully saturated rings. The molecule has 17 heavy (non-hydrogen) atoms. The van der Waals surface area contributed by atoms with E-state index in [0.717, 1.165) is 33.8 Å². The fourth-order valence-corrected chi connectivity index (χ4v) is 1.80. The fraction of sp³-hybridized carbons (Fsp3) is 0.0769. The van der Waals surface area contributed by atoms with Crippen LogP contribution in [-0.4, -0.2) is 15.0 Å². The highest BCUT2D eigenvalue weighted by molar-refractivity contribution is 5.76. The van der Waals surface area contributed by atoms with Gasteiger partial charge in [-0.15, -0.1) is 0 Å². The van der Waals surface area contributed by atoms with Gasteiger partial charge in [-0.25, -0.2) is 9.97 Å². The summed E-state index contributed by atoms with van der Waals surface area (Å²) in [7, 11) is 0. The van der Waals surface area contributed by atoms with E-state index < -0.39 is 0 Å². The quantitative estimate of drug-likeness (QED) is 0.624. The first-order valence-electron chi connectivity index (χ1n) is 5.41. The highest BCUT2D eigenvalue weighted by Crippen LogP contribution is 2.22. The molecular formula is C13H12N4. The van der Waals surface area contributed by atoms with E-state index in [1.54, 1.807) is 6.20 Å². The number of rotatable bonds is 1. The standard InChI is InChI=1S/C13H12N4/c1-8-7-9(4-5-10(8)14)12-16-11-3-2-6-15-13(11)17-12/h2-7H,14H2,1H3,(H,15,16,17). The predicted molar refractivity (Wildman–Crippen MR) is 68.5 cm³/mol. The van der Waals surface area contributed by atoms with Crippen LogP contribution in [0.1, 0.15) is 5.56 Å². The molecule has 1 aromatic carbocycles. The number of hydrogen-bond donors (Lipinski definition) is 2. The number of nitrogens with one attached hydrogen (secondary N) is 1. The van der Waals surface area contributed by atoms with Crippen LogP contribution >= 0.6 is 0 Å². The number of aromatic nitrogens is 3. The van der Waals surface area contributed by atoms with Gasteiger partial charge in [-0.1, -0.05) is 0 Å². The Bertz CT molecular complexity index is 652. The summed E-state index contributed by atoms with van der Waals surface area (Å²) in [6, 6.07) is 9.72. The molecular weight excluding hydrogens is 212 g/mol. The smallest absolute Gasteiger partial charge is 0.178 e. The number of imidazole rings is 1. The largest absolute Gasteiger partial charge is 0.399 e. The summed E-state index contributed by atoms with van der Waals surface area (Å²) in [5.74, 6) is 0.821. The number of benzene rings is 1. The molecule has 0 amide bonds. The minimum Gasteiger partial charge on any atom is -0.399 e. The Kier molecular flexibility index (Phi) is 2.08. The first-order chi connectivity index (χ1) is 8.24. The van der Waals surface area contributed by atoms with Gasteiger partial charge < -0.3 is 10.7 Å². The average Bonchev–Trinajstić information content (AvgIpc) is 2.76. The first kappa shape index (κ1) is 9.84. The van der Waals surface area contributed by atoms with Crippen LogP contribution in [0.25, 0.3) is 22.6 Å². The van der Waals surface area contributed by atoms with Crippen molar-refractivity contribution in [3.63, 3.8) is 0 Å². The summed E-state index contributed by atoms with van der Waals surface area (Å²) in [5.41, 5.74) is 10.3. The van der Waals surface area contributed by atoms with Crippen molar-refractivity contribution in [3.8, 4) is 11.4 Å². The summed E-state index contributed by atoms with van der Waals surface area (Å²) in [6.07, 6.45) is 1.74. The Morgan fingerprint density at radius 2 is 2.12 bits per heavy atom. The number of nitrogen functional groups attached to an aromatic ring is 1. The lowest BCUT2D eigenvalue weighted by molar-refractivity contribution is 1.29. The molecule has 0 bridgehead atoms. The van der Waals surface area contributed by atoms with E-state index in [1.165, 1.54) is 0 Å². The molecule has 0 saturated heterocycles. The van der Waals surface area contributed by atoms with Crippen LogP contribution in [0.2, 0.25) is 0 Å². The second-order valence-electron chi connectivity index (χ2n) is 4.03. The molecule has 0 aliphatic rings. The number of H-pyrrole nitrogens is 1. The molecule has 4 nitrogen and oxygen atoms in total. The van der Waals surface area contributed by atoms with Crippen molar-refractivity contribution in [2.45, 2.75) is 6.92 Å². The third-order valence-electron chi connectivity index (χ3n) is 2.80. The normalized spacial score (nSPS) is 10.9. The van der Waals surface area contributed by atoms with E-state index in [0.29, 0.717) is 0 Å². The van der Waals surface area contributed by atoms with Gasteiger partial charge in [0.05, 0.1) is 5.52 Å². The first-order valence-corrected chi connectivity index (χ1v) is 5.41. The monoisotopic (exact) mass is 224 g/mol. The molecule has 84 valence electrons. The van der Waals surface area contributed by atoms with Crippen molar-refractivity contribution in [1.29, 1.82) is 0 Å². The lowest BCUT2D eigenvalue weighted by Gasteiger charge is -2.01. The van der Waals surface area contributed by atoms with Crippen LogP contribution < -0.4 is 5.73 Å². The SMILES string of the molecule is Cc1cc(-c2nc3ncccc3[nH]2)ccc1N. The number of fused-ring (bicyclic) bond motifs is 1. The zero-order valence-electron chi connectivity index (χ0n) is 9.44. The van der Waals surface area contributed by atoms with E-state index >= 15 is 0 Å². The Hall–Kier alpha value is -2.36. The molecule has 0 atom stereocenters. The van der Waals surface area contributed by atoms with Crippen LogP contribution in [0.15, 0.2) is 36.5 Å². The van der Waals surface area contributed by atoms with Crippen LogP contribution in [0.4, 0.5) is 5.69 Å². The van der Waals surface area contributed by atoms with E-state index in [9.17, 15) is 0 Å². The van der Waals surface area contributed by atoms with Crippen molar-refractivity contribution in [2.24, 2.45) is 0 Å². The summed E-state index contributed by atoms with van der Waals surface area (Å²) >= 11 is 0. The van der Waals surface area contributed by atoms with Crippen molar-refractivity contribution >= 4 is 16.9 Å². The number of nitrogens with two attached hydrogens (primary N) is 1. The lowest BCUT2D eigenvalue weighted by Crippen LogP contribution is -1.90. The second-order valence-corrected chi connectivity index (χ2v) is 4.03. The molecule has 0 aliphatic carbocycles.